The number of hydrazone groups is 1. The van der Waals surface area contributed by atoms with Crippen molar-refractivity contribution >= 4 is 35.2 Å². The zero-order valence-electron chi connectivity index (χ0n) is 14.8. The molecule has 1 aliphatic heterocycles. The lowest BCUT2D eigenvalue weighted by Gasteiger charge is -2.25. The van der Waals surface area contributed by atoms with Crippen molar-refractivity contribution in [2.45, 2.75) is 11.8 Å². The van der Waals surface area contributed by atoms with Gasteiger partial charge in [-0.1, -0.05) is 11.6 Å². The number of nitrogens with one attached hydrogen (secondary N) is 1. The van der Waals surface area contributed by atoms with Crippen LogP contribution in [0, 0.1) is 0 Å². The summed E-state index contributed by atoms with van der Waals surface area (Å²) in [6.07, 6.45) is 0. The van der Waals surface area contributed by atoms with Gasteiger partial charge in [0.25, 0.3) is 5.91 Å². The highest BCUT2D eigenvalue weighted by Gasteiger charge is 2.12. The first kappa shape index (κ1) is 19.7. The third kappa shape index (κ3) is 5.46. The fraction of sp³-hybridized carbons (Fsp3) is 0.263. The minimum absolute atomic E-state index is 0.0550. The summed E-state index contributed by atoms with van der Waals surface area (Å²) >= 11 is 7.60. The lowest BCUT2D eigenvalue weighted by Crippen LogP contribution is -2.30. The van der Waals surface area contributed by atoms with Crippen molar-refractivity contribution in [1.29, 1.82) is 0 Å². The van der Waals surface area contributed by atoms with Gasteiger partial charge < -0.3 is 9.84 Å². The van der Waals surface area contributed by atoms with E-state index in [-0.39, 0.29) is 11.7 Å². The number of halogens is 1. The van der Waals surface area contributed by atoms with E-state index in [0.29, 0.717) is 21.9 Å². The lowest BCUT2D eigenvalue weighted by molar-refractivity contribution is 0.0773. The van der Waals surface area contributed by atoms with Gasteiger partial charge >= 0.3 is 0 Å². The van der Waals surface area contributed by atoms with Crippen LogP contribution < -0.4 is 5.43 Å². The maximum Gasteiger partial charge on any atom is 0.271 e. The second kappa shape index (κ2) is 9.23. The molecule has 6 nitrogen and oxygen atoms in total. The maximum atomic E-state index is 12.3. The molecule has 8 heteroatoms. The molecule has 142 valence electrons. The third-order valence-electron chi connectivity index (χ3n) is 3.99. The first-order chi connectivity index (χ1) is 13.0. The first-order valence-corrected chi connectivity index (χ1v) is 9.62. The number of phenols is 1. The van der Waals surface area contributed by atoms with E-state index in [0.717, 1.165) is 31.2 Å². The molecule has 2 N–H and O–H groups in total. The molecule has 2 aromatic carbocycles. The molecule has 0 saturated carbocycles. The van der Waals surface area contributed by atoms with Gasteiger partial charge in [0.05, 0.1) is 18.9 Å². The van der Waals surface area contributed by atoms with Gasteiger partial charge in [0.2, 0.25) is 0 Å². The molecule has 0 aromatic heterocycles. The average molecular weight is 406 g/mol. The summed E-state index contributed by atoms with van der Waals surface area (Å²) in [6.45, 7) is 4.95. The number of amides is 1. The second-order valence-corrected chi connectivity index (χ2v) is 7.56. The minimum Gasteiger partial charge on any atom is -0.507 e. The Kier molecular flexibility index (Phi) is 6.73. The Morgan fingerprint density at radius 2 is 1.93 bits per heavy atom. The average Bonchev–Trinajstić information content (AvgIpc) is 2.69. The van der Waals surface area contributed by atoms with Gasteiger partial charge in [0, 0.05) is 34.1 Å². The standard InChI is InChI=1S/C19H20ClN3O3S/c1-13(17-12-15(20)4-7-18(17)24)21-22-19(25)14-2-5-16(6-3-14)27-23-8-10-26-11-9-23/h2-7,12,24H,8-11H2,1H3,(H,22,25)/b21-13+. The number of morpholine rings is 1. The van der Waals surface area contributed by atoms with Gasteiger partial charge in [-0.2, -0.15) is 5.10 Å². The molecule has 2 aromatic rings. The largest absolute Gasteiger partial charge is 0.507 e. The van der Waals surface area contributed by atoms with Crippen LogP contribution in [0.2, 0.25) is 5.02 Å². The zero-order chi connectivity index (χ0) is 19.2. The number of hydrogen-bond donors (Lipinski definition) is 2. The van der Waals surface area contributed by atoms with Crippen molar-refractivity contribution in [1.82, 2.24) is 9.73 Å². The number of carbonyl (C=O) groups excluding carboxylic acids is 1. The van der Waals surface area contributed by atoms with E-state index < -0.39 is 0 Å². The fourth-order valence-electron chi connectivity index (χ4n) is 2.51. The Morgan fingerprint density at radius 1 is 1.22 bits per heavy atom. The van der Waals surface area contributed by atoms with Crippen LogP contribution in [0.5, 0.6) is 5.75 Å². The molecule has 0 unspecified atom stereocenters. The molecular weight excluding hydrogens is 386 g/mol. The van der Waals surface area contributed by atoms with Gasteiger partial charge in [0.1, 0.15) is 5.75 Å². The zero-order valence-corrected chi connectivity index (χ0v) is 16.4. The third-order valence-corrected chi connectivity index (χ3v) is 5.34. The number of benzene rings is 2. The molecule has 1 aliphatic rings. The first-order valence-electron chi connectivity index (χ1n) is 8.47. The van der Waals surface area contributed by atoms with E-state index in [1.165, 1.54) is 6.07 Å². The summed E-state index contributed by atoms with van der Waals surface area (Å²) in [7, 11) is 0. The summed E-state index contributed by atoms with van der Waals surface area (Å²) in [4.78, 5) is 13.4. The molecule has 1 saturated heterocycles. The lowest BCUT2D eigenvalue weighted by atomic mass is 10.1. The highest BCUT2D eigenvalue weighted by molar-refractivity contribution is 7.97. The summed E-state index contributed by atoms with van der Waals surface area (Å²) in [5, 5.41) is 14.4. The second-order valence-electron chi connectivity index (χ2n) is 5.96. The number of aromatic hydroxyl groups is 1. The van der Waals surface area contributed by atoms with Crippen LogP contribution >= 0.6 is 23.5 Å². The summed E-state index contributed by atoms with van der Waals surface area (Å²) < 4.78 is 7.58. The Balaban J connectivity index is 1.61. The van der Waals surface area contributed by atoms with Crippen LogP contribution in [0.1, 0.15) is 22.8 Å². The summed E-state index contributed by atoms with van der Waals surface area (Å²) in [5.74, 6) is -0.266. The van der Waals surface area contributed by atoms with Crippen LogP contribution in [-0.2, 0) is 4.74 Å². The topological polar surface area (TPSA) is 74.2 Å². The van der Waals surface area contributed by atoms with Crippen LogP contribution in [0.3, 0.4) is 0 Å². The number of carbonyl (C=O) groups is 1. The van der Waals surface area contributed by atoms with E-state index in [1.807, 2.05) is 12.1 Å². The van der Waals surface area contributed by atoms with Gasteiger partial charge in [0.15, 0.2) is 0 Å². The molecule has 3 rings (SSSR count). The molecule has 1 fully saturated rings. The Morgan fingerprint density at radius 3 is 2.63 bits per heavy atom. The molecule has 1 amide bonds. The van der Waals surface area contributed by atoms with Crippen LogP contribution in [0.4, 0.5) is 0 Å². The summed E-state index contributed by atoms with van der Waals surface area (Å²) in [5.41, 5.74) is 3.95. The number of nitrogens with zero attached hydrogens (tertiary/aromatic N) is 2. The van der Waals surface area contributed by atoms with E-state index in [4.69, 9.17) is 16.3 Å². The molecule has 0 spiro atoms. The van der Waals surface area contributed by atoms with E-state index >= 15 is 0 Å². The smallest absolute Gasteiger partial charge is 0.271 e. The monoisotopic (exact) mass is 405 g/mol. The SMILES string of the molecule is C/C(=N\NC(=O)c1ccc(SN2CCOCC2)cc1)c1cc(Cl)ccc1O. The highest BCUT2D eigenvalue weighted by atomic mass is 35.5. The van der Waals surface area contributed by atoms with E-state index in [2.05, 4.69) is 14.8 Å². The number of hydrogen-bond acceptors (Lipinski definition) is 6. The minimum atomic E-state index is -0.321. The Labute approximate surface area is 167 Å². The molecule has 0 bridgehead atoms. The summed E-state index contributed by atoms with van der Waals surface area (Å²) in [6, 6.07) is 12.0. The fourth-order valence-corrected chi connectivity index (χ4v) is 3.57. The Bertz CT molecular complexity index is 837. The predicted molar refractivity (Wildman–Crippen MR) is 107 cm³/mol. The van der Waals surface area contributed by atoms with Crippen molar-refractivity contribution in [3.63, 3.8) is 0 Å². The number of rotatable bonds is 5. The maximum absolute atomic E-state index is 12.3. The van der Waals surface area contributed by atoms with Crippen molar-refractivity contribution in [3.05, 3.63) is 58.6 Å². The molecule has 1 heterocycles. The molecule has 27 heavy (non-hydrogen) atoms. The molecular formula is C19H20ClN3O3S. The predicted octanol–water partition coefficient (Wildman–Crippen LogP) is 3.54. The van der Waals surface area contributed by atoms with Crippen molar-refractivity contribution in [2.24, 2.45) is 5.10 Å². The van der Waals surface area contributed by atoms with Crippen molar-refractivity contribution in [2.75, 3.05) is 26.3 Å². The van der Waals surface area contributed by atoms with Gasteiger partial charge in [-0.25, -0.2) is 9.73 Å². The van der Waals surface area contributed by atoms with Gasteiger partial charge in [-0.15, -0.1) is 0 Å². The highest BCUT2D eigenvalue weighted by Crippen LogP contribution is 2.24. The van der Waals surface area contributed by atoms with Gasteiger partial charge in [-0.05, 0) is 61.3 Å². The number of ether oxygens (including phenoxy) is 1. The molecule has 0 atom stereocenters. The number of phenolic OH excluding ortho intramolecular Hbond substituents is 1. The van der Waals surface area contributed by atoms with E-state index in [9.17, 15) is 9.90 Å². The molecule has 0 aliphatic carbocycles. The van der Waals surface area contributed by atoms with Crippen LogP contribution in [0.15, 0.2) is 52.5 Å². The van der Waals surface area contributed by atoms with Crippen molar-refractivity contribution < 1.29 is 14.6 Å². The van der Waals surface area contributed by atoms with E-state index in [1.54, 1.807) is 43.1 Å². The van der Waals surface area contributed by atoms with Gasteiger partial charge in [-0.3, -0.25) is 4.79 Å². The quantitative estimate of drug-likeness (QED) is 0.452. The van der Waals surface area contributed by atoms with Crippen LogP contribution in [0.25, 0.3) is 0 Å². The van der Waals surface area contributed by atoms with Crippen LogP contribution in [-0.4, -0.2) is 47.3 Å². The van der Waals surface area contributed by atoms with Crippen molar-refractivity contribution in [3.8, 4) is 5.75 Å². The molecule has 0 radical (unpaired) electrons. The normalized spacial score (nSPS) is 15.6. The Hall–Kier alpha value is -2.06.